The van der Waals surface area contributed by atoms with Gasteiger partial charge in [-0.1, -0.05) is 36.4 Å². The molecule has 5 heteroatoms. The van der Waals surface area contributed by atoms with Gasteiger partial charge in [-0.25, -0.2) is 0 Å². The first-order valence-electron chi connectivity index (χ1n) is 8.79. The second-order valence-electron chi connectivity index (χ2n) is 6.51. The molecular weight excluding hydrogens is 336 g/mol. The molecule has 4 nitrogen and oxygen atoms in total. The molecule has 0 bridgehead atoms. The first-order chi connectivity index (χ1) is 11.7. The molecule has 0 aromatic heterocycles. The fourth-order valence-electron chi connectivity index (χ4n) is 3.39. The van der Waals surface area contributed by atoms with E-state index in [4.69, 9.17) is 10.5 Å². The quantitative estimate of drug-likeness (QED) is 0.887. The van der Waals surface area contributed by atoms with Crippen LogP contribution in [-0.2, 0) is 16.1 Å². The number of carbonyl (C=O) groups excluding carboxylic acids is 1. The van der Waals surface area contributed by atoms with E-state index in [1.807, 2.05) is 24.0 Å². The van der Waals surface area contributed by atoms with Crippen molar-refractivity contribution in [2.45, 2.75) is 32.4 Å². The van der Waals surface area contributed by atoms with Crippen LogP contribution < -0.4 is 5.73 Å². The number of nitrogens with two attached hydrogens (primary N) is 1. The molecule has 1 heterocycles. The smallest absolute Gasteiger partial charge is 0.240 e. The summed E-state index contributed by atoms with van der Waals surface area (Å²) >= 11 is 0. The molecule has 3 rings (SSSR count). The highest BCUT2D eigenvalue weighted by molar-refractivity contribution is 5.85. The molecular formula is C20H27ClN2O2. The van der Waals surface area contributed by atoms with Crippen molar-refractivity contribution in [2.75, 3.05) is 19.8 Å². The standard InChI is InChI=1S/C20H26N2O2.ClH/c1-2-22(20(23)19(21)17-9-11-24-12-10-17)14-15-7-8-16-5-3-4-6-18(16)13-15;/h3-8,13,17,19H,2,9-12,14,21H2,1H3;1H. The molecule has 25 heavy (non-hydrogen) atoms. The molecule has 136 valence electrons. The monoisotopic (exact) mass is 362 g/mol. The van der Waals surface area contributed by atoms with E-state index in [9.17, 15) is 4.79 Å². The number of benzene rings is 2. The van der Waals surface area contributed by atoms with Crippen molar-refractivity contribution in [3.8, 4) is 0 Å². The summed E-state index contributed by atoms with van der Waals surface area (Å²) in [5.41, 5.74) is 7.41. The summed E-state index contributed by atoms with van der Waals surface area (Å²) in [4.78, 5) is 14.7. The minimum absolute atomic E-state index is 0. The molecule has 2 aromatic carbocycles. The van der Waals surface area contributed by atoms with Gasteiger partial charge in [0, 0.05) is 26.3 Å². The number of hydrogen-bond donors (Lipinski definition) is 1. The topological polar surface area (TPSA) is 55.6 Å². The summed E-state index contributed by atoms with van der Waals surface area (Å²) < 4.78 is 5.37. The van der Waals surface area contributed by atoms with E-state index in [0.29, 0.717) is 26.3 Å². The maximum atomic E-state index is 12.8. The van der Waals surface area contributed by atoms with E-state index in [1.54, 1.807) is 0 Å². The lowest BCUT2D eigenvalue weighted by molar-refractivity contribution is -0.135. The van der Waals surface area contributed by atoms with Crippen molar-refractivity contribution in [3.63, 3.8) is 0 Å². The van der Waals surface area contributed by atoms with E-state index in [2.05, 4.69) is 30.3 Å². The van der Waals surface area contributed by atoms with E-state index in [1.165, 1.54) is 10.8 Å². The third-order valence-electron chi connectivity index (χ3n) is 4.94. The average Bonchev–Trinajstić information content (AvgIpc) is 2.65. The first kappa shape index (κ1) is 19.7. The SMILES string of the molecule is CCN(Cc1ccc2ccccc2c1)C(=O)C(N)C1CCOCC1.Cl. The highest BCUT2D eigenvalue weighted by Gasteiger charge is 2.29. The van der Waals surface area contributed by atoms with Crippen LogP contribution in [0.25, 0.3) is 10.8 Å². The van der Waals surface area contributed by atoms with Crippen LogP contribution >= 0.6 is 12.4 Å². The molecule has 1 unspecified atom stereocenters. The van der Waals surface area contributed by atoms with Crippen molar-refractivity contribution in [1.82, 2.24) is 4.90 Å². The van der Waals surface area contributed by atoms with Gasteiger partial charge in [-0.15, -0.1) is 12.4 Å². The Hall–Kier alpha value is -1.62. The van der Waals surface area contributed by atoms with Gasteiger partial charge < -0.3 is 15.4 Å². The molecule has 2 N–H and O–H groups in total. The zero-order valence-corrected chi connectivity index (χ0v) is 15.5. The number of hydrogen-bond acceptors (Lipinski definition) is 3. The van der Waals surface area contributed by atoms with Gasteiger partial charge in [-0.3, -0.25) is 4.79 Å². The maximum Gasteiger partial charge on any atom is 0.240 e. The normalized spacial score (nSPS) is 16.2. The number of amides is 1. The second-order valence-corrected chi connectivity index (χ2v) is 6.51. The van der Waals surface area contributed by atoms with Gasteiger partial charge in [0.1, 0.15) is 0 Å². The summed E-state index contributed by atoms with van der Waals surface area (Å²) in [6.45, 7) is 4.71. The van der Waals surface area contributed by atoms with Crippen LogP contribution in [0.3, 0.4) is 0 Å². The van der Waals surface area contributed by atoms with E-state index >= 15 is 0 Å². The van der Waals surface area contributed by atoms with Crippen molar-refractivity contribution < 1.29 is 9.53 Å². The van der Waals surface area contributed by atoms with Gasteiger partial charge in [0.05, 0.1) is 6.04 Å². The number of ether oxygens (including phenoxy) is 1. The van der Waals surface area contributed by atoms with Gasteiger partial charge in [-0.2, -0.15) is 0 Å². The summed E-state index contributed by atoms with van der Waals surface area (Å²) in [6.07, 6.45) is 1.75. The molecule has 0 spiro atoms. The van der Waals surface area contributed by atoms with Crippen LogP contribution in [0.5, 0.6) is 0 Å². The third-order valence-corrected chi connectivity index (χ3v) is 4.94. The Morgan fingerprint density at radius 2 is 1.88 bits per heavy atom. The van der Waals surface area contributed by atoms with Crippen molar-refractivity contribution in [3.05, 3.63) is 48.0 Å². The van der Waals surface area contributed by atoms with Crippen molar-refractivity contribution in [2.24, 2.45) is 11.7 Å². The highest BCUT2D eigenvalue weighted by atomic mass is 35.5. The minimum Gasteiger partial charge on any atom is -0.381 e. The van der Waals surface area contributed by atoms with Crippen LogP contribution in [0, 0.1) is 5.92 Å². The summed E-state index contributed by atoms with van der Waals surface area (Å²) in [6, 6.07) is 14.2. The Bertz CT molecular complexity index is 701. The predicted octanol–water partition coefficient (Wildman–Crippen LogP) is 3.36. The Morgan fingerprint density at radius 3 is 2.56 bits per heavy atom. The lowest BCUT2D eigenvalue weighted by Crippen LogP contribution is -2.48. The average molecular weight is 363 g/mol. The predicted molar refractivity (Wildman–Crippen MR) is 104 cm³/mol. The van der Waals surface area contributed by atoms with E-state index < -0.39 is 6.04 Å². The van der Waals surface area contributed by atoms with Crippen LogP contribution in [0.15, 0.2) is 42.5 Å². The van der Waals surface area contributed by atoms with Crippen LogP contribution in [0.1, 0.15) is 25.3 Å². The number of nitrogens with zero attached hydrogens (tertiary/aromatic N) is 1. The Kier molecular flexibility index (Phi) is 7.24. The first-order valence-corrected chi connectivity index (χ1v) is 8.79. The Balaban J connectivity index is 0.00000225. The largest absolute Gasteiger partial charge is 0.381 e. The van der Waals surface area contributed by atoms with Gasteiger partial charge in [-0.05, 0) is 48.1 Å². The number of likely N-dealkylation sites (N-methyl/N-ethyl adjacent to an activating group) is 1. The summed E-state index contributed by atoms with van der Waals surface area (Å²) in [7, 11) is 0. The molecule has 0 aliphatic carbocycles. The number of fused-ring (bicyclic) bond motifs is 1. The molecule has 0 radical (unpaired) electrons. The van der Waals surface area contributed by atoms with Gasteiger partial charge in [0.2, 0.25) is 5.91 Å². The van der Waals surface area contributed by atoms with Crippen molar-refractivity contribution >= 4 is 29.1 Å². The molecule has 1 aliphatic rings. The second kappa shape index (κ2) is 9.18. The lowest BCUT2D eigenvalue weighted by atomic mass is 9.91. The zero-order valence-electron chi connectivity index (χ0n) is 14.7. The fourth-order valence-corrected chi connectivity index (χ4v) is 3.39. The Morgan fingerprint density at radius 1 is 1.20 bits per heavy atom. The molecule has 2 aromatic rings. The number of carbonyl (C=O) groups is 1. The van der Waals surface area contributed by atoms with Gasteiger partial charge in [0.15, 0.2) is 0 Å². The molecule has 0 saturated carbocycles. The van der Waals surface area contributed by atoms with Gasteiger partial charge in [0.25, 0.3) is 0 Å². The highest BCUT2D eigenvalue weighted by Crippen LogP contribution is 2.21. The summed E-state index contributed by atoms with van der Waals surface area (Å²) in [5.74, 6) is 0.287. The molecule has 1 aliphatic heterocycles. The van der Waals surface area contributed by atoms with Crippen LogP contribution in [-0.4, -0.2) is 36.6 Å². The lowest BCUT2D eigenvalue weighted by Gasteiger charge is -2.31. The van der Waals surface area contributed by atoms with E-state index in [-0.39, 0.29) is 24.2 Å². The van der Waals surface area contributed by atoms with Crippen LogP contribution in [0.4, 0.5) is 0 Å². The van der Waals surface area contributed by atoms with E-state index in [0.717, 1.165) is 18.4 Å². The van der Waals surface area contributed by atoms with Gasteiger partial charge >= 0.3 is 0 Å². The van der Waals surface area contributed by atoms with Crippen molar-refractivity contribution in [1.29, 1.82) is 0 Å². The fraction of sp³-hybridized carbons (Fsp3) is 0.450. The molecule has 1 saturated heterocycles. The third kappa shape index (κ3) is 4.72. The zero-order chi connectivity index (χ0) is 16.9. The molecule has 1 amide bonds. The maximum absolute atomic E-state index is 12.8. The molecule has 1 fully saturated rings. The number of halogens is 1. The van der Waals surface area contributed by atoms with Crippen LogP contribution in [0.2, 0.25) is 0 Å². The summed E-state index contributed by atoms with van der Waals surface area (Å²) in [5, 5.41) is 2.42. The molecule has 1 atom stereocenters. The minimum atomic E-state index is -0.422. The Labute approximate surface area is 155 Å². The number of rotatable bonds is 5.